The minimum atomic E-state index is 0.593. The summed E-state index contributed by atoms with van der Waals surface area (Å²) in [5.74, 6) is 1.44. The number of rotatable bonds is 3. The normalized spacial score (nSPS) is 10.4. The Bertz CT molecular complexity index is 662. The van der Waals surface area contributed by atoms with Gasteiger partial charge in [-0.1, -0.05) is 30.3 Å². The van der Waals surface area contributed by atoms with Gasteiger partial charge in [-0.3, -0.25) is 0 Å². The van der Waals surface area contributed by atoms with Crippen LogP contribution in [0.4, 0.5) is 0 Å². The molecule has 0 saturated heterocycles. The summed E-state index contributed by atoms with van der Waals surface area (Å²) in [7, 11) is 1.66. The fourth-order valence-corrected chi connectivity index (χ4v) is 1.91. The summed E-state index contributed by atoms with van der Waals surface area (Å²) >= 11 is 0. The van der Waals surface area contributed by atoms with Crippen LogP contribution >= 0.6 is 0 Å². The Kier molecular flexibility index (Phi) is 2.94. The lowest BCUT2D eigenvalue weighted by Gasteiger charge is -2.05. The van der Waals surface area contributed by atoms with Crippen LogP contribution in [0.5, 0.6) is 5.75 Å². The van der Waals surface area contributed by atoms with Gasteiger partial charge in [0.05, 0.1) is 7.11 Å². The molecule has 3 aromatic rings. The Morgan fingerprint density at radius 2 is 1.74 bits per heavy atom. The van der Waals surface area contributed by atoms with E-state index >= 15 is 0 Å². The molecule has 0 atom stereocenters. The Hall–Kier alpha value is -2.69. The molecule has 0 bridgehead atoms. The van der Waals surface area contributed by atoms with Crippen LogP contribution in [-0.2, 0) is 0 Å². The SMILES string of the molecule is COc1ccc(-c2cccc(-c3nn[nH]n3)c2)cc1. The van der Waals surface area contributed by atoms with Crippen molar-refractivity contribution >= 4 is 0 Å². The van der Waals surface area contributed by atoms with Gasteiger partial charge in [0.15, 0.2) is 0 Å². The van der Waals surface area contributed by atoms with Crippen LogP contribution in [0.3, 0.4) is 0 Å². The average Bonchev–Trinajstić information content (AvgIpc) is 3.02. The van der Waals surface area contributed by atoms with Crippen molar-refractivity contribution in [1.82, 2.24) is 20.6 Å². The lowest BCUT2D eigenvalue weighted by molar-refractivity contribution is 0.415. The zero-order valence-electron chi connectivity index (χ0n) is 10.4. The summed E-state index contributed by atoms with van der Waals surface area (Å²) in [4.78, 5) is 0. The summed E-state index contributed by atoms with van der Waals surface area (Å²) in [6, 6.07) is 15.9. The van der Waals surface area contributed by atoms with E-state index in [4.69, 9.17) is 4.74 Å². The Morgan fingerprint density at radius 3 is 2.42 bits per heavy atom. The average molecular weight is 252 g/mol. The highest BCUT2D eigenvalue weighted by molar-refractivity contribution is 5.70. The predicted octanol–water partition coefficient (Wildman–Crippen LogP) is 2.54. The standard InChI is InChI=1S/C14H12N4O/c1-19-13-7-5-10(6-8-13)11-3-2-4-12(9-11)14-15-17-18-16-14/h2-9H,1H3,(H,15,16,17,18). The topological polar surface area (TPSA) is 63.7 Å². The molecule has 1 heterocycles. The zero-order chi connectivity index (χ0) is 13.1. The predicted molar refractivity (Wildman–Crippen MR) is 71.6 cm³/mol. The summed E-state index contributed by atoms with van der Waals surface area (Å²) in [6.07, 6.45) is 0. The number of methoxy groups -OCH3 is 1. The molecule has 2 aromatic carbocycles. The third kappa shape index (κ3) is 2.30. The number of benzene rings is 2. The van der Waals surface area contributed by atoms with Gasteiger partial charge in [0.1, 0.15) is 5.75 Å². The first-order valence-electron chi connectivity index (χ1n) is 5.85. The van der Waals surface area contributed by atoms with Crippen molar-refractivity contribution in [2.45, 2.75) is 0 Å². The lowest BCUT2D eigenvalue weighted by Crippen LogP contribution is -1.85. The van der Waals surface area contributed by atoms with Gasteiger partial charge >= 0.3 is 0 Å². The first-order chi connectivity index (χ1) is 9.36. The molecule has 1 N–H and O–H groups in total. The van der Waals surface area contributed by atoms with Crippen molar-refractivity contribution in [3.05, 3.63) is 48.5 Å². The van der Waals surface area contributed by atoms with Gasteiger partial charge in [0.2, 0.25) is 5.82 Å². The highest BCUT2D eigenvalue weighted by Gasteiger charge is 2.05. The van der Waals surface area contributed by atoms with E-state index in [1.165, 1.54) is 0 Å². The second-order valence-corrected chi connectivity index (χ2v) is 4.04. The van der Waals surface area contributed by atoms with E-state index in [0.717, 1.165) is 22.4 Å². The summed E-state index contributed by atoms with van der Waals surface area (Å²) in [5, 5.41) is 14.0. The van der Waals surface area contributed by atoms with Crippen LogP contribution in [0.2, 0.25) is 0 Å². The van der Waals surface area contributed by atoms with E-state index in [0.29, 0.717) is 5.82 Å². The third-order valence-corrected chi connectivity index (χ3v) is 2.89. The molecule has 5 heteroatoms. The van der Waals surface area contributed by atoms with Gasteiger partial charge in [0, 0.05) is 5.56 Å². The smallest absolute Gasteiger partial charge is 0.204 e. The molecule has 0 aliphatic carbocycles. The summed E-state index contributed by atoms with van der Waals surface area (Å²) in [6.45, 7) is 0. The summed E-state index contributed by atoms with van der Waals surface area (Å²) in [5.41, 5.74) is 3.15. The van der Waals surface area contributed by atoms with Crippen LogP contribution in [0.15, 0.2) is 48.5 Å². The first-order valence-corrected chi connectivity index (χ1v) is 5.85. The molecule has 0 saturated carbocycles. The van der Waals surface area contributed by atoms with Crippen molar-refractivity contribution in [1.29, 1.82) is 0 Å². The van der Waals surface area contributed by atoms with Crippen LogP contribution in [0.1, 0.15) is 0 Å². The van der Waals surface area contributed by atoms with Crippen molar-refractivity contribution in [3.8, 4) is 28.3 Å². The fourth-order valence-electron chi connectivity index (χ4n) is 1.91. The molecular weight excluding hydrogens is 240 g/mol. The maximum atomic E-state index is 5.16. The molecule has 0 amide bonds. The van der Waals surface area contributed by atoms with Gasteiger partial charge in [-0.2, -0.15) is 5.21 Å². The van der Waals surface area contributed by atoms with Crippen LogP contribution in [-0.4, -0.2) is 27.7 Å². The number of aromatic nitrogens is 4. The van der Waals surface area contributed by atoms with Crippen molar-refractivity contribution in [3.63, 3.8) is 0 Å². The van der Waals surface area contributed by atoms with E-state index in [1.807, 2.05) is 48.5 Å². The fraction of sp³-hybridized carbons (Fsp3) is 0.0714. The van der Waals surface area contributed by atoms with Gasteiger partial charge in [0.25, 0.3) is 0 Å². The monoisotopic (exact) mass is 252 g/mol. The first kappa shape index (κ1) is 11.4. The maximum Gasteiger partial charge on any atom is 0.204 e. The number of hydrogen-bond acceptors (Lipinski definition) is 4. The third-order valence-electron chi connectivity index (χ3n) is 2.89. The van der Waals surface area contributed by atoms with Gasteiger partial charge in [-0.05, 0) is 34.5 Å². The number of tetrazole rings is 1. The van der Waals surface area contributed by atoms with E-state index in [-0.39, 0.29) is 0 Å². The van der Waals surface area contributed by atoms with Crippen molar-refractivity contribution < 1.29 is 4.74 Å². The number of nitrogens with zero attached hydrogens (tertiary/aromatic N) is 3. The zero-order valence-corrected chi connectivity index (χ0v) is 10.4. The minimum absolute atomic E-state index is 0.593. The molecule has 19 heavy (non-hydrogen) atoms. The van der Waals surface area contributed by atoms with Gasteiger partial charge in [-0.25, -0.2) is 0 Å². The van der Waals surface area contributed by atoms with Gasteiger partial charge < -0.3 is 4.74 Å². The van der Waals surface area contributed by atoms with Crippen molar-refractivity contribution in [2.24, 2.45) is 0 Å². The van der Waals surface area contributed by atoms with E-state index in [9.17, 15) is 0 Å². The number of hydrogen-bond donors (Lipinski definition) is 1. The summed E-state index contributed by atoms with van der Waals surface area (Å²) < 4.78 is 5.16. The van der Waals surface area contributed by atoms with E-state index < -0.39 is 0 Å². The largest absolute Gasteiger partial charge is 0.497 e. The van der Waals surface area contributed by atoms with Gasteiger partial charge in [-0.15, -0.1) is 10.2 Å². The number of H-pyrrole nitrogens is 1. The maximum absolute atomic E-state index is 5.16. The van der Waals surface area contributed by atoms with Crippen LogP contribution in [0.25, 0.3) is 22.5 Å². The Balaban J connectivity index is 1.98. The van der Waals surface area contributed by atoms with Crippen LogP contribution in [0, 0.1) is 0 Å². The second-order valence-electron chi connectivity index (χ2n) is 4.04. The molecule has 0 aliphatic rings. The Labute approximate surface area is 110 Å². The highest BCUT2D eigenvalue weighted by Crippen LogP contribution is 2.25. The van der Waals surface area contributed by atoms with E-state index in [2.05, 4.69) is 20.6 Å². The highest BCUT2D eigenvalue weighted by atomic mass is 16.5. The Morgan fingerprint density at radius 1 is 0.947 bits per heavy atom. The molecule has 5 nitrogen and oxygen atoms in total. The molecule has 0 unspecified atom stereocenters. The number of nitrogens with one attached hydrogen (secondary N) is 1. The molecular formula is C14H12N4O. The molecule has 94 valence electrons. The molecule has 0 aliphatic heterocycles. The number of aromatic amines is 1. The lowest BCUT2D eigenvalue weighted by atomic mass is 10.0. The minimum Gasteiger partial charge on any atom is -0.497 e. The molecule has 3 rings (SSSR count). The molecule has 0 spiro atoms. The number of ether oxygens (including phenoxy) is 1. The van der Waals surface area contributed by atoms with E-state index in [1.54, 1.807) is 7.11 Å². The van der Waals surface area contributed by atoms with Crippen LogP contribution < -0.4 is 4.74 Å². The quantitative estimate of drug-likeness (QED) is 0.778. The molecule has 0 fully saturated rings. The van der Waals surface area contributed by atoms with Crippen molar-refractivity contribution in [2.75, 3.05) is 7.11 Å². The molecule has 1 aromatic heterocycles. The molecule has 0 radical (unpaired) electrons. The second kappa shape index (κ2) is 4.89.